The third-order valence-corrected chi connectivity index (χ3v) is 4.63. The summed E-state index contributed by atoms with van der Waals surface area (Å²) < 4.78 is 26.8. The van der Waals surface area contributed by atoms with Gasteiger partial charge >= 0.3 is 0 Å². The second-order valence-corrected chi connectivity index (χ2v) is 7.46. The lowest BCUT2D eigenvalue weighted by atomic mass is 10.0. The molecular weight excluding hydrogens is 388 g/mol. The highest BCUT2D eigenvalue weighted by Crippen LogP contribution is 2.19. The van der Waals surface area contributed by atoms with Crippen molar-refractivity contribution >= 4 is 5.91 Å². The van der Waals surface area contributed by atoms with E-state index < -0.39 is 11.9 Å². The Morgan fingerprint density at radius 3 is 2.47 bits per heavy atom. The highest BCUT2D eigenvalue weighted by Gasteiger charge is 2.18. The zero-order valence-electron chi connectivity index (χ0n) is 16.8. The van der Waals surface area contributed by atoms with Gasteiger partial charge in [0.05, 0.1) is 18.2 Å². The number of aromatic nitrogens is 2. The number of carbonyl (C=O) groups is 1. The van der Waals surface area contributed by atoms with Crippen LogP contribution in [0.15, 0.2) is 59.4 Å². The van der Waals surface area contributed by atoms with Gasteiger partial charge < -0.3 is 10.3 Å². The molecule has 30 heavy (non-hydrogen) atoms. The molecule has 0 saturated carbocycles. The number of benzene rings is 2. The first kappa shape index (κ1) is 21.4. The van der Waals surface area contributed by atoms with Crippen LogP contribution in [-0.4, -0.2) is 15.9 Å². The molecule has 3 rings (SSSR count). The molecule has 5 nitrogen and oxygen atoms in total. The SMILES string of the molecule is CC(C)c1nc(CC(NC(=O)Cc2cccc(F)c2)c2ccc(F)cc2)cc(=O)[nH]1. The Hall–Kier alpha value is -3.35. The minimum Gasteiger partial charge on any atom is -0.349 e. The topological polar surface area (TPSA) is 74.8 Å². The number of rotatable bonds is 7. The van der Waals surface area contributed by atoms with Gasteiger partial charge in [-0.25, -0.2) is 13.8 Å². The molecule has 0 fully saturated rings. The Morgan fingerprint density at radius 2 is 1.80 bits per heavy atom. The van der Waals surface area contributed by atoms with Gasteiger partial charge in [-0.3, -0.25) is 9.59 Å². The highest BCUT2D eigenvalue weighted by atomic mass is 19.1. The minimum atomic E-state index is -0.527. The number of H-pyrrole nitrogens is 1. The molecular formula is C23H23F2N3O2. The quantitative estimate of drug-likeness (QED) is 0.621. The number of carbonyl (C=O) groups excluding carboxylic acids is 1. The van der Waals surface area contributed by atoms with Crippen molar-refractivity contribution in [3.8, 4) is 0 Å². The molecule has 0 bridgehead atoms. The van der Waals surface area contributed by atoms with Crippen LogP contribution in [0.2, 0.25) is 0 Å². The summed E-state index contributed by atoms with van der Waals surface area (Å²) in [5.41, 5.74) is 1.47. The normalized spacial score (nSPS) is 12.0. The van der Waals surface area contributed by atoms with Gasteiger partial charge in [-0.15, -0.1) is 0 Å². The predicted molar refractivity (Wildman–Crippen MR) is 110 cm³/mol. The summed E-state index contributed by atoms with van der Waals surface area (Å²) in [6.07, 6.45) is 0.250. The molecule has 0 radical (unpaired) electrons. The number of hydrogen-bond donors (Lipinski definition) is 2. The largest absolute Gasteiger partial charge is 0.349 e. The van der Waals surface area contributed by atoms with Gasteiger partial charge in [-0.1, -0.05) is 38.1 Å². The third kappa shape index (κ3) is 5.83. The molecule has 7 heteroatoms. The molecule has 3 aromatic rings. The summed E-state index contributed by atoms with van der Waals surface area (Å²) in [4.78, 5) is 31.8. The molecule has 156 valence electrons. The lowest BCUT2D eigenvalue weighted by Crippen LogP contribution is -2.32. The van der Waals surface area contributed by atoms with Gasteiger partial charge in [-0.2, -0.15) is 0 Å². The summed E-state index contributed by atoms with van der Waals surface area (Å²) in [5, 5.41) is 2.90. The van der Waals surface area contributed by atoms with E-state index in [1.165, 1.54) is 30.3 Å². The molecule has 1 heterocycles. The maximum Gasteiger partial charge on any atom is 0.251 e. The summed E-state index contributed by atoms with van der Waals surface area (Å²) >= 11 is 0. The maximum absolute atomic E-state index is 13.4. The van der Waals surface area contributed by atoms with Crippen molar-refractivity contribution in [3.63, 3.8) is 0 Å². The molecule has 2 aromatic carbocycles. The number of amides is 1. The molecule has 0 spiro atoms. The van der Waals surface area contributed by atoms with Crippen molar-refractivity contribution < 1.29 is 13.6 Å². The van der Waals surface area contributed by atoms with Crippen molar-refractivity contribution in [2.45, 2.75) is 38.6 Å². The molecule has 0 aliphatic rings. The summed E-state index contributed by atoms with van der Waals surface area (Å²) in [6, 6.07) is 12.5. The van der Waals surface area contributed by atoms with Crippen LogP contribution in [0.25, 0.3) is 0 Å². The fraction of sp³-hybridized carbons (Fsp3) is 0.261. The van der Waals surface area contributed by atoms with Crippen LogP contribution in [-0.2, 0) is 17.6 Å². The highest BCUT2D eigenvalue weighted by molar-refractivity contribution is 5.79. The van der Waals surface area contributed by atoms with Crippen molar-refractivity contribution in [2.75, 3.05) is 0 Å². The average molecular weight is 411 g/mol. The van der Waals surface area contributed by atoms with E-state index >= 15 is 0 Å². The lowest BCUT2D eigenvalue weighted by Gasteiger charge is -2.20. The van der Waals surface area contributed by atoms with E-state index in [0.717, 1.165) is 0 Å². The number of hydrogen-bond acceptors (Lipinski definition) is 3. The van der Waals surface area contributed by atoms with Crippen molar-refractivity contribution in [1.29, 1.82) is 0 Å². The molecule has 0 aliphatic carbocycles. The Kier molecular flexibility index (Phi) is 6.72. The van der Waals surface area contributed by atoms with Crippen LogP contribution in [0, 0.1) is 11.6 Å². The van der Waals surface area contributed by atoms with Gasteiger partial charge in [0.15, 0.2) is 0 Å². The van der Waals surface area contributed by atoms with Crippen LogP contribution < -0.4 is 10.9 Å². The molecule has 1 unspecified atom stereocenters. The summed E-state index contributed by atoms with van der Waals surface area (Å²) in [6.45, 7) is 3.83. The van der Waals surface area contributed by atoms with E-state index in [9.17, 15) is 18.4 Å². The van der Waals surface area contributed by atoms with Crippen LogP contribution >= 0.6 is 0 Å². The van der Waals surface area contributed by atoms with Crippen LogP contribution in [0.1, 0.15) is 48.5 Å². The van der Waals surface area contributed by atoms with Gasteiger partial charge in [0.1, 0.15) is 17.5 Å². The first-order valence-corrected chi connectivity index (χ1v) is 9.69. The van der Waals surface area contributed by atoms with Gasteiger partial charge in [0.2, 0.25) is 5.91 Å². The van der Waals surface area contributed by atoms with E-state index in [1.54, 1.807) is 24.3 Å². The van der Waals surface area contributed by atoms with Gasteiger partial charge in [-0.05, 0) is 35.4 Å². The molecule has 1 aromatic heterocycles. The summed E-state index contributed by atoms with van der Waals surface area (Å²) in [7, 11) is 0. The number of halogens is 2. The molecule has 0 aliphatic heterocycles. The smallest absolute Gasteiger partial charge is 0.251 e. The second-order valence-electron chi connectivity index (χ2n) is 7.46. The molecule has 2 N–H and O–H groups in total. The average Bonchev–Trinajstić information content (AvgIpc) is 2.67. The second kappa shape index (κ2) is 9.43. The van der Waals surface area contributed by atoms with Gasteiger partial charge in [0.25, 0.3) is 5.56 Å². The first-order chi connectivity index (χ1) is 14.3. The Morgan fingerprint density at radius 1 is 1.07 bits per heavy atom. The zero-order valence-corrected chi connectivity index (χ0v) is 16.8. The molecule has 1 atom stereocenters. The number of aromatic amines is 1. The predicted octanol–water partition coefficient (Wildman–Crippen LogP) is 3.81. The first-order valence-electron chi connectivity index (χ1n) is 9.69. The standard InChI is InChI=1S/C23H23F2N3O2/c1-14(2)23-26-19(13-22(30)28-23)12-20(16-6-8-17(24)9-7-16)27-21(29)11-15-4-3-5-18(25)10-15/h3-10,13-14,20H,11-12H2,1-2H3,(H,27,29)(H,26,28,30). The van der Waals surface area contributed by atoms with E-state index in [0.29, 0.717) is 22.6 Å². The Labute approximate surface area is 173 Å². The van der Waals surface area contributed by atoms with Crippen molar-refractivity contribution in [2.24, 2.45) is 0 Å². The third-order valence-electron chi connectivity index (χ3n) is 4.63. The van der Waals surface area contributed by atoms with E-state index in [4.69, 9.17) is 0 Å². The lowest BCUT2D eigenvalue weighted by molar-refractivity contribution is -0.121. The molecule has 1 amide bonds. The van der Waals surface area contributed by atoms with E-state index in [2.05, 4.69) is 15.3 Å². The van der Waals surface area contributed by atoms with Gasteiger partial charge in [0, 0.05) is 18.4 Å². The number of nitrogens with one attached hydrogen (secondary N) is 2. The fourth-order valence-corrected chi connectivity index (χ4v) is 3.14. The minimum absolute atomic E-state index is 0.00446. The van der Waals surface area contributed by atoms with Crippen molar-refractivity contribution in [3.05, 3.63) is 99.2 Å². The van der Waals surface area contributed by atoms with E-state index in [1.807, 2.05) is 13.8 Å². The number of nitrogens with zero attached hydrogens (tertiary/aromatic N) is 1. The maximum atomic E-state index is 13.4. The van der Waals surface area contributed by atoms with Crippen LogP contribution in [0.5, 0.6) is 0 Å². The Balaban J connectivity index is 1.84. The van der Waals surface area contributed by atoms with Crippen LogP contribution in [0.3, 0.4) is 0 Å². The Bertz CT molecular complexity index is 1080. The molecule has 0 saturated heterocycles. The van der Waals surface area contributed by atoms with E-state index in [-0.39, 0.29) is 36.0 Å². The zero-order chi connectivity index (χ0) is 21.7. The fourth-order valence-electron chi connectivity index (χ4n) is 3.14. The van der Waals surface area contributed by atoms with Crippen molar-refractivity contribution in [1.82, 2.24) is 15.3 Å². The monoisotopic (exact) mass is 411 g/mol. The summed E-state index contributed by atoms with van der Waals surface area (Å²) in [5.74, 6) is -0.529. The van der Waals surface area contributed by atoms with Crippen LogP contribution in [0.4, 0.5) is 8.78 Å².